The first-order valence-corrected chi connectivity index (χ1v) is 7.12. The van der Waals surface area contributed by atoms with Crippen molar-refractivity contribution in [2.75, 3.05) is 19.7 Å². The number of nitrogens with one attached hydrogen (secondary N) is 2. The fourth-order valence-electron chi connectivity index (χ4n) is 2.53. The predicted molar refractivity (Wildman–Crippen MR) is 84.0 cm³/mol. The van der Waals surface area contributed by atoms with Gasteiger partial charge in [-0.1, -0.05) is 6.92 Å². The molecule has 1 fully saturated rings. The van der Waals surface area contributed by atoms with Crippen LogP contribution in [0, 0.1) is 19.8 Å². The van der Waals surface area contributed by atoms with Crippen molar-refractivity contribution in [1.82, 2.24) is 20.4 Å². The highest BCUT2D eigenvalue weighted by Crippen LogP contribution is 2.21. The van der Waals surface area contributed by atoms with Crippen molar-refractivity contribution < 1.29 is 9.53 Å². The van der Waals surface area contributed by atoms with Gasteiger partial charge in [0.15, 0.2) is 12.4 Å². The molecule has 2 atom stereocenters. The van der Waals surface area contributed by atoms with Gasteiger partial charge in [-0.05, 0) is 32.7 Å². The van der Waals surface area contributed by atoms with Crippen LogP contribution in [-0.2, 0) is 11.8 Å². The van der Waals surface area contributed by atoms with Gasteiger partial charge >= 0.3 is 0 Å². The van der Waals surface area contributed by atoms with E-state index in [9.17, 15) is 4.79 Å². The zero-order valence-electron chi connectivity index (χ0n) is 13.1. The van der Waals surface area contributed by atoms with Gasteiger partial charge in [0.2, 0.25) is 0 Å². The molecule has 0 spiro atoms. The maximum atomic E-state index is 12.0. The van der Waals surface area contributed by atoms with E-state index in [1.807, 2.05) is 20.9 Å². The number of halogens is 1. The van der Waals surface area contributed by atoms with Gasteiger partial charge in [0, 0.05) is 19.6 Å². The molecular weight excluding hydrogens is 292 g/mol. The second kappa shape index (κ2) is 7.66. The van der Waals surface area contributed by atoms with Gasteiger partial charge in [0.25, 0.3) is 5.91 Å². The standard InChI is InChI=1S/C14H24N4O2.ClH/c1-9-5-6-15-7-12(9)16-13(19)8-20-14-10(2)17-18(4)11(14)3;/h9,12,15H,5-8H2,1-4H3,(H,16,19);1H. The van der Waals surface area contributed by atoms with E-state index in [1.165, 1.54) is 0 Å². The zero-order valence-corrected chi connectivity index (χ0v) is 13.9. The van der Waals surface area contributed by atoms with E-state index in [1.54, 1.807) is 4.68 Å². The Labute approximate surface area is 132 Å². The quantitative estimate of drug-likeness (QED) is 0.868. The number of carbonyl (C=O) groups is 1. The summed E-state index contributed by atoms with van der Waals surface area (Å²) >= 11 is 0. The molecule has 2 rings (SSSR count). The van der Waals surface area contributed by atoms with Crippen LogP contribution in [0.15, 0.2) is 0 Å². The van der Waals surface area contributed by atoms with Gasteiger partial charge in [-0.3, -0.25) is 9.48 Å². The highest BCUT2D eigenvalue weighted by molar-refractivity contribution is 5.85. The van der Waals surface area contributed by atoms with Gasteiger partial charge in [0.1, 0.15) is 5.69 Å². The number of hydrogen-bond acceptors (Lipinski definition) is 4. The summed E-state index contributed by atoms with van der Waals surface area (Å²) < 4.78 is 7.37. The van der Waals surface area contributed by atoms with Gasteiger partial charge in [0.05, 0.1) is 5.69 Å². The van der Waals surface area contributed by atoms with Crippen molar-refractivity contribution in [3.05, 3.63) is 11.4 Å². The number of hydrogen-bond donors (Lipinski definition) is 2. The van der Waals surface area contributed by atoms with Crippen molar-refractivity contribution in [3.8, 4) is 5.75 Å². The number of rotatable bonds is 4. The number of nitrogens with zero attached hydrogens (tertiary/aromatic N) is 2. The summed E-state index contributed by atoms with van der Waals surface area (Å²) in [6.07, 6.45) is 1.09. The highest BCUT2D eigenvalue weighted by atomic mass is 35.5. The minimum absolute atomic E-state index is 0. The number of amides is 1. The summed E-state index contributed by atoms with van der Waals surface area (Å²) in [5.41, 5.74) is 1.74. The molecule has 0 aromatic carbocycles. The molecule has 1 aromatic rings. The van der Waals surface area contributed by atoms with Crippen LogP contribution in [0.5, 0.6) is 5.75 Å². The maximum Gasteiger partial charge on any atom is 0.258 e. The lowest BCUT2D eigenvalue weighted by Crippen LogP contribution is -2.51. The monoisotopic (exact) mass is 316 g/mol. The zero-order chi connectivity index (χ0) is 14.7. The molecule has 2 unspecified atom stereocenters. The van der Waals surface area contributed by atoms with Gasteiger partial charge in [-0.25, -0.2) is 0 Å². The lowest BCUT2D eigenvalue weighted by atomic mass is 9.95. The Bertz CT molecular complexity index is 490. The molecule has 6 nitrogen and oxygen atoms in total. The topological polar surface area (TPSA) is 68.2 Å². The lowest BCUT2D eigenvalue weighted by Gasteiger charge is -2.30. The van der Waals surface area contributed by atoms with Crippen LogP contribution in [0.1, 0.15) is 24.7 Å². The maximum absolute atomic E-state index is 12.0. The molecule has 2 heterocycles. The fourth-order valence-corrected chi connectivity index (χ4v) is 2.53. The Morgan fingerprint density at radius 3 is 2.81 bits per heavy atom. The molecule has 0 bridgehead atoms. The molecule has 1 amide bonds. The predicted octanol–water partition coefficient (Wildman–Crippen LogP) is 0.952. The molecule has 2 N–H and O–H groups in total. The minimum atomic E-state index is -0.0757. The normalized spacial score (nSPS) is 21.5. The number of carbonyl (C=O) groups excluding carboxylic acids is 1. The molecule has 7 heteroatoms. The van der Waals surface area contributed by atoms with Gasteiger partial charge in [-0.15, -0.1) is 12.4 Å². The van der Waals surface area contributed by atoms with Crippen molar-refractivity contribution in [3.63, 3.8) is 0 Å². The van der Waals surface area contributed by atoms with E-state index in [0.717, 1.165) is 30.9 Å². The Morgan fingerprint density at radius 2 is 2.24 bits per heavy atom. The molecule has 1 aromatic heterocycles. The van der Waals surface area contributed by atoms with E-state index in [2.05, 4.69) is 22.7 Å². The first kappa shape index (κ1) is 17.8. The molecule has 0 aliphatic carbocycles. The summed E-state index contributed by atoms with van der Waals surface area (Å²) in [5.74, 6) is 1.13. The van der Waals surface area contributed by atoms with Crippen LogP contribution in [0.25, 0.3) is 0 Å². The lowest BCUT2D eigenvalue weighted by molar-refractivity contribution is -0.124. The second-order valence-corrected chi connectivity index (χ2v) is 5.56. The number of piperidine rings is 1. The molecule has 0 radical (unpaired) electrons. The van der Waals surface area contributed by atoms with E-state index in [0.29, 0.717) is 11.7 Å². The molecule has 120 valence electrons. The van der Waals surface area contributed by atoms with Gasteiger partial charge < -0.3 is 15.4 Å². The molecule has 21 heavy (non-hydrogen) atoms. The third kappa shape index (κ3) is 4.35. The summed E-state index contributed by atoms with van der Waals surface area (Å²) in [5, 5.41) is 10.6. The first-order chi connectivity index (χ1) is 9.49. The van der Waals surface area contributed by atoms with Crippen LogP contribution in [0.2, 0.25) is 0 Å². The average Bonchev–Trinajstić information content (AvgIpc) is 2.64. The Balaban J connectivity index is 0.00000220. The molecule has 1 saturated heterocycles. The van der Waals surface area contributed by atoms with Gasteiger partial charge in [-0.2, -0.15) is 5.10 Å². The largest absolute Gasteiger partial charge is 0.480 e. The summed E-state index contributed by atoms with van der Waals surface area (Å²) in [7, 11) is 1.87. The van der Waals surface area contributed by atoms with Crippen molar-refractivity contribution >= 4 is 18.3 Å². The van der Waals surface area contributed by atoms with Crippen LogP contribution in [-0.4, -0.2) is 41.4 Å². The molecule has 1 aliphatic heterocycles. The summed E-state index contributed by atoms with van der Waals surface area (Å²) in [4.78, 5) is 12.0. The number of aromatic nitrogens is 2. The second-order valence-electron chi connectivity index (χ2n) is 5.56. The average molecular weight is 317 g/mol. The molecule has 0 saturated carbocycles. The Kier molecular flexibility index (Phi) is 6.48. The summed E-state index contributed by atoms with van der Waals surface area (Å²) in [6.45, 7) is 7.88. The summed E-state index contributed by atoms with van der Waals surface area (Å²) in [6, 6.07) is 0.191. The van der Waals surface area contributed by atoms with E-state index in [4.69, 9.17) is 4.74 Å². The van der Waals surface area contributed by atoms with Crippen LogP contribution >= 0.6 is 12.4 Å². The molecule has 1 aliphatic rings. The Hall–Kier alpha value is -1.27. The van der Waals surface area contributed by atoms with Crippen LogP contribution < -0.4 is 15.4 Å². The number of ether oxygens (including phenoxy) is 1. The van der Waals surface area contributed by atoms with Crippen molar-refractivity contribution in [2.45, 2.75) is 33.2 Å². The Morgan fingerprint density at radius 1 is 1.52 bits per heavy atom. The number of aryl methyl sites for hydroxylation is 2. The third-order valence-electron chi connectivity index (χ3n) is 3.96. The van der Waals surface area contributed by atoms with Crippen molar-refractivity contribution in [2.24, 2.45) is 13.0 Å². The van der Waals surface area contributed by atoms with E-state index in [-0.39, 0.29) is 31.0 Å². The third-order valence-corrected chi connectivity index (χ3v) is 3.96. The van der Waals surface area contributed by atoms with Crippen LogP contribution in [0.3, 0.4) is 0 Å². The van der Waals surface area contributed by atoms with E-state index < -0.39 is 0 Å². The minimum Gasteiger partial charge on any atom is -0.480 e. The molecular formula is C14H25ClN4O2. The van der Waals surface area contributed by atoms with E-state index >= 15 is 0 Å². The van der Waals surface area contributed by atoms with Crippen LogP contribution in [0.4, 0.5) is 0 Å². The first-order valence-electron chi connectivity index (χ1n) is 7.12. The smallest absolute Gasteiger partial charge is 0.258 e. The SMILES string of the molecule is Cc1nn(C)c(C)c1OCC(=O)NC1CNCCC1C.Cl. The fraction of sp³-hybridized carbons (Fsp3) is 0.714. The highest BCUT2D eigenvalue weighted by Gasteiger charge is 2.23. The van der Waals surface area contributed by atoms with Crippen molar-refractivity contribution in [1.29, 1.82) is 0 Å².